The van der Waals surface area contributed by atoms with Gasteiger partial charge < -0.3 is 10.2 Å². The quantitative estimate of drug-likeness (QED) is 0.359. The number of anilines is 1. The number of hydrogen-bond acceptors (Lipinski definition) is 2. The van der Waals surface area contributed by atoms with Gasteiger partial charge in [-0.25, -0.2) is 0 Å². The number of carbonyl (C=O) groups excluding carboxylic acids is 1. The second-order valence-corrected chi connectivity index (χ2v) is 6.35. The summed E-state index contributed by atoms with van der Waals surface area (Å²) >= 11 is 5.59. The van der Waals surface area contributed by atoms with Gasteiger partial charge in [0.15, 0.2) is 10.9 Å². The molecule has 0 bridgehead atoms. The third kappa shape index (κ3) is 7.60. The van der Waals surface area contributed by atoms with Crippen molar-refractivity contribution in [1.82, 2.24) is 4.90 Å². The zero-order valence-electron chi connectivity index (χ0n) is 14.7. The molecule has 0 aliphatic heterocycles. The zero-order chi connectivity index (χ0) is 17.1. The molecule has 4 heteroatoms. The van der Waals surface area contributed by atoms with E-state index >= 15 is 0 Å². The summed E-state index contributed by atoms with van der Waals surface area (Å²) in [5.41, 5.74) is 1.67. The van der Waals surface area contributed by atoms with Gasteiger partial charge in [-0.1, -0.05) is 39.5 Å². The van der Waals surface area contributed by atoms with Crippen LogP contribution in [0, 0.1) is 0 Å². The Morgan fingerprint density at radius 2 is 1.52 bits per heavy atom. The third-order valence-corrected chi connectivity index (χ3v) is 4.25. The number of benzene rings is 1. The lowest BCUT2D eigenvalue weighted by Crippen LogP contribution is -2.36. The molecule has 0 unspecified atom stereocenters. The highest BCUT2D eigenvalue weighted by atomic mass is 32.1. The first-order valence-electron chi connectivity index (χ1n) is 8.75. The number of nitrogens with zero attached hydrogens (tertiary/aromatic N) is 1. The van der Waals surface area contributed by atoms with Crippen LogP contribution in [0.25, 0.3) is 0 Å². The summed E-state index contributed by atoms with van der Waals surface area (Å²) in [6.45, 7) is 8.03. The van der Waals surface area contributed by atoms with E-state index in [9.17, 15) is 4.79 Å². The molecule has 0 fully saturated rings. The summed E-state index contributed by atoms with van der Waals surface area (Å²) in [4.78, 5) is 13.6. The lowest BCUT2D eigenvalue weighted by atomic mass is 10.1. The molecule has 0 aliphatic carbocycles. The fourth-order valence-electron chi connectivity index (χ4n) is 2.41. The second-order valence-electron chi connectivity index (χ2n) is 5.96. The summed E-state index contributed by atoms with van der Waals surface area (Å²) in [7, 11) is 0. The molecule has 0 amide bonds. The van der Waals surface area contributed by atoms with E-state index < -0.39 is 0 Å². The van der Waals surface area contributed by atoms with E-state index in [0.717, 1.165) is 29.5 Å². The second kappa shape index (κ2) is 11.2. The van der Waals surface area contributed by atoms with Gasteiger partial charge in [-0.3, -0.25) is 4.79 Å². The van der Waals surface area contributed by atoms with Crippen molar-refractivity contribution in [3.63, 3.8) is 0 Å². The van der Waals surface area contributed by atoms with E-state index in [1.165, 1.54) is 38.5 Å². The maximum atomic E-state index is 11.3. The fourth-order valence-corrected chi connectivity index (χ4v) is 2.71. The minimum Gasteiger partial charge on any atom is -0.349 e. The van der Waals surface area contributed by atoms with Gasteiger partial charge in [0, 0.05) is 24.3 Å². The molecule has 1 rings (SSSR count). The van der Waals surface area contributed by atoms with Gasteiger partial charge in [0.25, 0.3) is 0 Å². The topological polar surface area (TPSA) is 32.3 Å². The van der Waals surface area contributed by atoms with Crippen molar-refractivity contribution >= 4 is 28.8 Å². The smallest absolute Gasteiger partial charge is 0.173 e. The first-order valence-corrected chi connectivity index (χ1v) is 9.16. The fraction of sp³-hybridized carbons (Fsp3) is 0.579. The molecule has 0 aliphatic rings. The van der Waals surface area contributed by atoms with Crippen molar-refractivity contribution in [3.8, 4) is 0 Å². The molecule has 0 atom stereocenters. The van der Waals surface area contributed by atoms with Gasteiger partial charge in [-0.2, -0.15) is 0 Å². The molecule has 0 saturated carbocycles. The Balaban J connectivity index is 2.61. The average Bonchev–Trinajstić information content (AvgIpc) is 2.54. The van der Waals surface area contributed by atoms with Gasteiger partial charge in [0.05, 0.1) is 0 Å². The predicted octanol–water partition coefficient (Wildman–Crippen LogP) is 5.27. The van der Waals surface area contributed by atoms with Gasteiger partial charge in [-0.15, -0.1) is 0 Å². The van der Waals surface area contributed by atoms with Gasteiger partial charge >= 0.3 is 0 Å². The van der Waals surface area contributed by atoms with Crippen LogP contribution < -0.4 is 5.32 Å². The summed E-state index contributed by atoms with van der Waals surface area (Å²) in [6.07, 6.45) is 7.26. The Hall–Kier alpha value is -1.42. The SMILES string of the molecule is CCCCCN(CCCCC)C(=S)Nc1ccc(C(C)=O)cc1. The minimum absolute atomic E-state index is 0.0832. The molecule has 23 heavy (non-hydrogen) atoms. The van der Waals surface area contributed by atoms with Gasteiger partial charge in [0.1, 0.15) is 0 Å². The Bertz CT molecular complexity index is 475. The highest BCUT2D eigenvalue weighted by Crippen LogP contribution is 2.12. The van der Waals surface area contributed by atoms with E-state index in [0.29, 0.717) is 0 Å². The summed E-state index contributed by atoms with van der Waals surface area (Å²) in [5.74, 6) is 0.0832. The average molecular weight is 335 g/mol. The molecular weight excluding hydrogens is 304 g/mol. The van der Waals surface area contributed by atoms with Crippen LogP contribution in [0.1, 0.15) is 69.7 Å². The lowest BCUT2D eigenvalue weighted by molar-refractivity contribution is 0.101. The molecule has 3 nitrogen and oxygen atoms in total. The van der Waals surface area contributed by atoms with Crippen molar-refractivity contribution < 1.29 is 4.79 Å². The summed E-state index contributed by atoms with van der Waals surface area (Å²) in [6, 6.07) is 7.51. The van der Waals surface area contributed by atoms with Crippen LogP contribution in [0.2, 0.25) is 0 Å². The number of carbonyl (C=O) groups is 1. The number of rotatable bonds is 10. The molecule has 0 aromatic heterocycles. The number of Topliss-reactive ketones (excluding diaryl/α,β-unsaturated/α-hetero) is 1. The van der Waals surface area contributed by atoms with Crippen molar-refractivity contribution in [2.24, 2.45) is 0 Å². The Kier molecular flexibility index (Phi) is 9.53. The van der Waals surface area contributed by atoms with Gasteiger partial charge in [-0.05, 0) is 56.2 Å². The zero-order valence-corrected chi connectivity index (χ0v) is 15.5. The van der Waals surface area contributed by atoms with Crippen LogP contribution >= 0.6 is 12.2 Å². The third-order valence-electron chi connectivity index (χ3n) is 3.89. The molecule has 1 aromatic rings. The van der Waals surface area contributed by atoms with E-state index in [-0.39, 0.29) is 5.78 Å². The largest absolute Gasteiger partial charge is 0.349 e. The van der Waals surface area contributed by atoms with Crippen molar-refractivity contribution in [1.29, 1.82) is 0 Å². The van der Waals surface area contributed by atoms with Crippen LogP contribution in [0.5, 0.6) is 0 Å². The molecular formula is C19H30N2OS. The minimum atomic E-state index is 0.0832. The van der Waals surface area contributed by atoms with Crippen molar-refractivity contribution in [3.05, 3.63) is 29.8 Å². The van der Waals surface area contributed by atoms with Crippen LogP contribution in [-0.2, 0) is 0 Å². The Labute approximate surface area is 146 Å². The van der Waals surface area contributed by atoms with Crippen LogP contribution in [0.3, 0.4) is 0 Å². The highest BCUT2D eigenvalue weighted by molar-refractivity contribution is 7.80. The maximum absolute atomic E-state index is 11.3. The van der Waals surface area contributed by atoms with Crippen LogP contribution in [-0.4, -0.2) is 28.9 Å². The molecule has 0 spiro atoms. The number of ketones is 1. The summed E-state index contributed by atoms with van der Waals surface area (Å²) < 4.78 is 0. The molecule has 1 aromatic carbocycles. The molecule has 0 radical (unpaired) electrons. The van der Waals surface area contributed by atoms with Crippen molar-refractivity contribution in [2.75, 3.05) is 18.4 Å². The number of hydrogen-bond donors (Lipinski definition) is 1. The number of thiocarbonyl (C=S) groups is 1. The highest BCUT2D eigenvalue weighted by Gasteiger charge is 2.09. The van der Waals surface area contributed by atoms with E-state index in [4.69, 9.17) is 12.2 Å². The molecule has 128 valence electrons. The van der Waals surface area contributed by atoms with Gasteiger partial charge in [0.2, 0.25) is 0 Å². The molecule has 0 heterocycles. The normalized spacial score (nSPS) is 10.4. The van der Waals surface area contributed by atoms with E-state index in [1.54, 1.807) is 6.92 Å². The van der Waals surface area contributed by atoms with Crippen LogP contribution in [0.4, 0.5) is 5.69 Å². The first-order chi connectivity index (χ1) is 11.1. The maximum Gasteiger partial charge on any atom is 0.173 e. The molecule has 1 N–H and O–H groups in total. The standard InChI is InChI=1S/C19H30N2OS/c1-4-6-8-14-21(15-9-7-5-2)19(23)20-18-12-10-17(11-13-18)16(3)22/h10-13H,4-9,14-15H2,1-3H3,(H,20,23). The Morgan fingerprint density at radius 3 is 1.96 bits per heavy atom. The monoisotopic (exact) mass is 334 g/mol. The lowest BCUT2D eigenvalue weighted by Gasteiger charge is -2.26. The van der Waals surface area contributed by atoms with E-state index in [1.807, 2.05) is 24.3 Å². The van der Waals surface area contributed by atoms with E-state index in [2.05, 4.69) is 24.1 Å². The first kappa shape index (κ1) is 19.6. The number of unbranched alkanes of at least 4 members (excludes halogenated alkanes) is 4. The molecule has 0 saturated heterocycles. The van der Waals surface area contributed by atoms with Crippen molar-refractivity contribution in [2.45, 2.75) is 59.3 Å². The Morgan fingerprint density at radius 1 is 1.00 bits per heavy atom. The predicted molar refractivity (Wildman–Crippen MR) is 103 cm³/mol. The number of nitrogens with one attached hydrogen (secondary N) is 1. The van der Waals surface area contributed by atoms with Crippen LogP contribution in [0.15, 0.2) is 24.3 Å². The summed E-state index contributed by atoms with van der Waals surface area (Å²) in [5, 5.41) is 4.09.